The Morgan fingerprint density at radius 1 is 1.06 bits per heavy atom. The van der Waals surface area contributed by atoms with Crippen LogP contribution < -0.4 is 5.73 Å². The quantitative estimate of drug-likeness (QED) is 0.282. The summed E-state index contributed by atoms with van der Waals surface area (Å²) >= 11 is 0. The summed E-state index contributed by atoms with van der Waals surface area (Å²) in [4.78, 5) is 42.5. The van der Waals surface area contributed by atoms with E-state index in [1.807, 2.05) is 0 Å². The third-order valence-electron chi connectivity index (χ3n) is 9.01. The van der Waals surface area contributed by atoms with Gasteiger partial charge in [0, 0.05) is 36.5 Å². The van der Waals surface area contributed by atoms with E-state index >= 15 is 0 Å². The van der Waals surface area contributed by atoms with Crippen LogP contribution in [0.1, 0.15) is 65.2 Å². The van der Waals surface area contributed by atoms with Gasteiger partial charge in [-0.1, -0.05) is 24.2 Å². The zero-order chi connectivity index (χ0) is 26.5. The van der Waals surface area contributed by atoms with Crippen molar-refractivity contribution >= 4 is 29.1 Å². The van der Waals surface area contributed by atoms with Gasteiger partial charge in [0.1, 0.15) is 19.5 Å². The highest BCUT2D eigenvalue weighted by atomic mass is 16.6. The third kappa shape index (κ3) is 5.63. The highest BCUT2D eigenvalue weighted by molar-refractivity contribution is 5.94. The summed E-state index contributed by atoms with van der Waals surface area (Å²) in [5, 5.41) is 24.5. The first-order chi connectivity index (χ1) is 17.1. The molecule has 0 aliphatic heterocycles. The Morgan fingerprint density at radius 3 is 2.36 bits per heavy atom. The molecule has 0 aromatic heterocycles. The zero-order valence-corrected chi connectivity index (χ0v) is 21.4. The Balaban J connectivity index is 0.000000392. The summed E-state index contributed by atoms with van der Waals surface area (Å²) in [6, 6.07) is 0. The van der Waals surface area contributed by atoms with Crippen molar-refractivity contribution in [3.63, 3.8) is 0 Å². The smallest absolute Gasteiger partial charge is 0.328 e. The summed E-state index contributed by atoms with van der Waals surface area (Å²) in [5.41, 5.74) is 7.97. The number of Topliss-reactive ketones (excluding diaryl/α,β-unsaturated/α-hetero) is 1. The molecular formula is C26H39N3O7. The minimum Gasteiger partial charge on any atom is -0.478 e. The molecule has 0 aromatic carbocycles. The van der Waals surface area contributed by atoms with Crippen molar-refractivity contribution in [2.45, 2.75) is 65.2 Å². The van der Waals surface area contributed by atoms with Crippen molar-refractivity contribution in [2.24, 2.45) is 50.5 Å². The molecular weight excluding hydrogens is 466 g/mol. The fraction of sp³-hybridized carbons (Fsp3) is 0.731. The topological polar surface area (TPSA) is 161 Å². The number of carbonyl (C=O) groups excluding carboxylic acids is 1. The predicted octanol–water partition coefficient (Wildman–Crippen LogP) is 3.25. The number of aliphatic carboxylic acids is 2. The number of carboxylic acids is 2. The van der Waals surface area contributed by atoms with Gasteiger partial charge in [-0.2, -0.15) is 0 Å². The summed E-state index contributed by atoms with van der Waals surface area (Å²) in [7, 11) is 1.64. The average Bonchev–Trinajstić information content (AvgIpc) is 3.13. The molecule has 0 heterocycles. The molecule has 200 valence electrons. The van der Waals surface area contributed by atoms with E-state index in [4.69, 9.17) is 25.6 Å². The molecule has 4 fully saturated rings. The number of nitrogens with two attached hydrogens (primary N) is 1. The zero-order valence-electron chi connectivity index (χ0n) is 21.4. The van der Waals surface area contributed by atoms with Crippen LogP contribution in [0.4, 0.5) is 0 Å². The lowest BCUT2D eigenvalue weighted by molar-refractivity contribution is -0.134. The van der Waals surface area contributed by atoms with Gasteiger partial charge >= 0.3 is 11.9 Å². The first kappa shape index (κ1) is 27.8. The largest absolute Gasteiger partial charge is 0.478 e. The van der Waals surface area contributed by atoms with Gasteiger partial charge in [-0.3, -0.25) is 4.79 Å². The number of hydrogen-bond acceptors (Lipinski definition) is 8. The Morgan fingerprint density at radius 2 is 1.75 bits per heavy atom. The second kappa shape index (κ2) is 11.5. The SMILES string of the molecule is CO/N=C1/CC2C/C(=N\OCCN)CC[C@]2(C)[C@H]2CC[C@]3(C)C(=O)CC[C@H]3[C@H]12.O=C(O)/C=C/C(=O)O. The molecule has 0 bridgehead atoms. The number of carbonyl (C=O) groups is 3. The summed E-state index contributed by atoms with van der Waals surface area (Å²) in [6.45, 7) is 5.66. The van der Waals surface area contributed by atoms with E-state index in [1.165, 1.54) is 5.71 Å². The number of carboxylic acid groups (broad SMARTS) is 2. The van der Waals surface area contributed by atoms with Crippen LogP contribution >= 0.6 is 0 Å². The molecule has 0 aromatic rings. The van der Waals surface area contributed by atoms with E-state index < -0.39 is 11.9 Å². The van der Waals surface area contributed by atoms with E-state index in [0.717, 1.165) is 57.1 Å². The number of oxime groups is 2. The maximum atomic E-state index is 12.7. The third-order valence-corrected chi connectivity index (χ3v) is 9.01. The molecule has 4 aliphatic carbocycles. The Hall–Kier alpha value is -2.75. The van der Waals surface area contributed by atoms with Crippen LogP contribution in [0.2, 0.25) is 0 Å². The highest BCUT2D eigenvalue weighted by Gasteiger charge is 2.62. The molecule has 10 heteroatoms. The number of rotatable bonds is 6. The summed E-state index contributed by atoms with van der Waals surface area (Å²) in [5.74, 6) is -0.143. The number of hydrogen-bond donors (Lipinski definition) is 3. The van der Waals surface area contributed by atoms with Crippen molar-refractivity contribution in [2.75, 3.05) is 20.3 Å². The van der Waals surface area contributed by atoms with Crippen LogP contribution in [0.3, 0.4) is 0 Å². The number of ketones is 1. The Bertz CT molecular complexity index is 930. The molecule has 0 saturated heterocycles. The molecule has 4 rings (SSSR count). The van der Waals surface area contributed by atoms with Crippen molar-refractivity contribution in [3.8, 4) is 0 Å². The molecule has 4 saturated carbocycles. The molecule has 6 atom stereocenters. The van der Waals surface area contributed by atoms with Crippen LogP contribution in [0, 0.1) is 34.5 Å². The summed E-state index contributed by atoms with van der Waals surface area (Å²) in [6.07, 6.45) is 9.07. The lowest BCUT2D eigenvalue weighted by atomic mass is 9.45. The summed E-state index contributed by atoms with van der Waals surface area (Å²) < 4.78 is 0. The molecule has 36 heavy (non-hydrogen) atoms. The molecule has 4 N–H and O–H groups in total. The highest BCUT2D eigenvalue weighted by Crippen LogP contribution is 2.64. The van der Waals surface area contributed by atoms with E-state index in [2.05, 4.69) is 24.2 Å². The van der Waals surface area contributed by atoms with Crippen molar-refractivity contribution in [1.82, 2.24) is 0 Å². The first-order valence-corrected chi connectivity index (χ1v) is 12.7. The van der Waals surface area contributed by atoms with Gasteiger partial charge in [0.25, 0.3) is 0 Å². The normalized spacial score (nSPS) is 37.5. The van der Waals surface area contributed by atoms with Crippen LogP contribution in [-0.4, -0.2) is 59.6 Å². The minimum atomic E-state index is -1.26. The minimum absolute atomic E-state index is 0.157. The van der Waals surface area contributed by atoms with Gasteiger partial charge < -0.3 is 25.6 Å². The molecule has 1 unspecified atom stereocenters. The van der Waals surface area contributed by atoms with Crippen molar-refractivity contribution < 1.29 is 34.3 Å². The van der Waals surface area contributed by atoms with Crippen LogP contribution in [-0.2, 0) is 24.1 Å². The van der Waals surface area contributed by atoms with Crippen molar-refractivity contribution in [3.05, 3.63) is 12.2 Å². The van der Waals surface area contributed by atoms with Gasteiger partial charge in [0.05, 0.1) is 11.4 Å². The van der Waals surface area contributed by atoms with Crippen LogP contribution in [0.15, 0.2) is 22.5 Å². The van der Waals surface area contributed by atoms with E-state index in [-0.39, 0.29) is 10.8 Å². The maximum absolute atomic E-state index is 12.7. The van der Waals surface area contributed by atoms with Crippen LogP contribution in [0.25, 0.3) is 0 Å². The van der Waals surface area contributed by atoms with Gasteiger partial charge in [0.15, 0.2) is 0 Å². The average molecular weight is 506 g/mol. The lowest BCUT2D eigenvalue weighted by Gasteiger charge is -2.59. The molecule has 4 aliphatic rings. The Labute approximate surface area is 211 Å². The van der Waals surface area contributed by atoms with E-state index in [9.17, 15) is 14.4 Å². The monoisotopic (exact) mass is 505 g/mol. The second-order valence-corrected chi connectivity index (χ2v) is 10.8. The molecule has 10 nitrogen and oxygen atoms in total. The van der Waals surface area contributed by atoms with Gasteiger partial charge in [0.2, 0.25) is 0 Å². The molecule has 0 radical (unpaired) electrons. The fourth-order valence-electron chi connectivity index (χ4n) is 7.17. The van der Waals surface area contributed by atoms with Gasteiger partial charge in [-0.25, -0.2) is 9.59 Å². The lowest BCUT2D eigenvalue weighted by Crippen LogP contribution is -2.57. The predicted molar refractivity (Wildman–Crippen MR) is 133 cm³/mol. The van der Waals surface area contributed by atoms with Crippen LogP contribution in [0.5, 0.6) is 0 Å². The maximum Gasteiger partial charge on any atom is 0.328 e. The standard InChI is InChI=1S/C22H35N3O3.C4H4O4/c1-21-8-6-15(24-28-11-10-23)12-14(21)13-18(25-27-3)20-16-4-5-19(26)22(16,2)9-7-17(20)21;5-3(6)1-2-4(7)8/h14,16-17,20H,4-13,23H2,1-3H3;1-2H,(H,5,6)(H,7,8)/b24-15-,25-18-;2-1+/t14?,16-,17-,20-,21-,22-;/m0./s1. The van der Waals surface area contributed by atoms with Crippen molar-refractivity contribution in [1.29, 1.82) is 0 Å². The molecule has 0 amide bonds. The van der Waals surface area contributed by atoms with Gasteiger partial charge in [-0.05, 0) is 68.1 Å². The fourth-order valence-corrected chi connectivity index (χ4v) is 7.17. The van der Waals surface area contributed by atoms with Gasteiger partial charge in [-0.15, -0.1) is 0 Å². The number of nitrogens with zero attached hydrogens (tertiary/aromatic N) is 2. The van der Waals surface area contributed by atoms with E-state index in [1.54, 1.807) is 7.11 Å². The Kier molecular flexibility index (Phi) is 8.92. The molecule has 0 spiro atoms. The number of fused-ring (bicyclic) bond motifs is 5. The van der Waals surface area contributed by atoms with E-state index in [0.29, 0.717) is 54.8 Å². The second-order valence-electron chi connectivity index (χ2n) is 10.8. The first-order valence-electron chi connectivity index (χ1n) is 12.7.